The van der Waals surface area contributed by atoms with E-state index in [-0.39, 0.29) is 12.1 Å². The van der Waals surface area contributed by atoms with Crippen molar-refractivity contribution in [2.75, 3.05) is 19.7 Å². The maximum Gasteiger partial charge on any atom is 0.321 e. The van der Waals surface area contributed by atoms with Gasteiger partial charge in [0, 0.05) is 19.6 Å². The fourth-order valence-corrected chi connectivity index (χ4v) is 2.65. The molecule has 0 amide bonds. The quantitative estimate of drug-likeness (QED) is 0.621. The Bertz CT molecular complexity index is 258. The van der Waals surface area contributed by atoms with E-state index < -0.39 is 5.97 Å². The van der Waals surface area contributed by atoms with E-state index in [9.17, 15) is 9.90 Å². The number of unbranched alkanes of at least 4 members (excludes halogenated alkanes) is 4. The average Bonchev–Trinajstić information content (AvgIpc) is 2.79. The van der Waals surface area contributed by atoms with Crippen LogP contribution in [0.15, 0.2) is 0 Å². The molecule has 0 saturated carbocycles. The first kappa shape index (κ1) is 16.4. The Morgan fingerprint density at radius 3 is 2.53 bits per heavy atom. The first-order valence-corrected chi connectivity index (χ1v) is 7.77. The molecule has 4 nitrogen and oxygen atoms in total. The largest absolute Gasteiger partial charge is 0.480 e. The van der Waals surface area contributed by atoms with Crippen LogP contribution in [0.5, 0.6) is 0 Å². The molecule has 1 unspecified atom stereocenters. The van der Waals surface area contributed by atoms with E-state index in [2.05, 4.69) is 18.7 Å². The lowest BCUT2D eigenvalue weighted by Crippen LogP contribution is -2.36. The van der Waals surface area contributed by atoms with E-state index >= 15 is 0 Å². The number of hydrogen-bond acceptors (Lipinski definition) is 3. The predicted octanol–water partition coefficient (Wildman–Crippen LogP) is 2.91. The van der Waals surface area contributed by atoms with Gasteiger partial charge in [0.05, 0.1) is 6.10 Å². The Labute approximate surface area is 117 Å². The van der Waals surface area contributed by atoms with Gasteiger partial charge in [0.25, 0.3) is 0 Å². The van der Waals surface area contributed by atoms with Crippen LogP contribution in [-0.2, 0) is 9.53 Å². The third-order valence-corrected chi connectivity index (χ3v) is 3.80. The van der Waals surface area contributed by atoms with Crippen LogP contribution in [0.3, 0.4) is 0 Å². The van der Waals surface area contributed by atoms with Crippen molar-refractivity contribution in [3.63, 3.8) is 0 Å². The van der Waals surface area contributed by atoms with Crippen molar-refractivity contribution in [3.8, 4) is 0 Å². The summed E-state index contributed by atoms with van der Waals surface area (Å²) in [6, 6.07) is -0.340. The smallest absolute Gasteiger partial charge is 0.321 e. The summed E-state index contributed by atoms with van der Waals surface area (Å²) >= 11 is 0. The first-order chi connectivity index (χ1) is 9.19. The summed E-state index contributed by atoms with van der Waals surface area (Å²) in [5, 5.41) is 9.27. The van der Waals surface area contributed by atoms with Crippen molar-refractivity contribution in [2.24, 2.45) is 0 Å². The van der Waals surface area contributed by atoms with E-state index in [4.69, 9.17) is 4.74 Å². The average molecular weight is 271 g/mol. The maximum atomic E-state index is 11.3. The number of carboxylic acids is 1. The lowest BCUT2D eigenvalue weighted by atomic mass is 10.2. The lowest BCUT2D eigenvalue weighted by Gasteiger charge is -2.20. The van der Waals surface area contributed by atoms with Gasteiger partial charge < -0.3 is 9.84 Å². The molecular weight excluding hydrogens is 242 g/mol. The highest BCUT2D eigenvalue weighted by atomic mass is 16.5. The number of aliphatic carboxylic acids is 1. The van der Waals surface area contributed by atoms with Gasteiger partial charge >= 0.3 is 5.97 Å². The summed E-state index contributed by atoms with van der Waals surface area (Å²) < 4.78 is 5.82. The van der Waals surface area contributed by atoms with Gasteiger partial charge in [0.15, 0.2) is 0 Å². The summed E-state index contributed by atoms with van der Waals surface area (Å²) in [5.74, 6) is -0.698. The number of carboxylic acid groups (broad SMARTS) is 1. The molecule has 0 aromatic rings. The molecule has 1 aliphatic heterocycles. The molecule has 0 aromatic carbocycles. The summed E-state index contributed by atoms with van der Waals surface area (Å²) in [6.45, 7) is 6.78. The molecule has 4 heteroatoms. The SMILES string of the molecule is CCCCCOC1C[C@@H](C(=O)O)N(CCCCC)C1. The Kier molecular flexibility index (Phi) is 8.07. The molecule has 0 aromatic heterocycles. The molecule has 0 spiro atoms. The zero-order valence-corrected chi connectivity index (χ0v) is 12.4. The van der Waals surface area contributed by atoms with Crippen molar-refractivity contribution in [1.82, 2.24) is 4.90 Å². The second kappa shape index (κ2) is 9.32. The molecule has 1 heterocycles. The fourth-order valence-electron chi connectivity index (χ4n) is 2.65. The van der Waals surface area contributed by atoms with Gasteiger partial charge in [-0.05, 0) is 19.4 Å². The van der Waals surface area contributed by atoms with Crippen LogP contribution >= 0.6 is 0 Å². The highest BCUT2D eigenvalue weighted by molar-refractivity contribution is 5.74. The highest BCUT2D eigenvalue weighted by Crippen LogP contribution is 2.21. The fraction of sp³-hybridized carbons (Fsp3) is 0.933. The number of hydrogen-bond donors (Lipinski definition) is 1. The van der Waals surface area contributed by atoms with Crippen molar-refractivity contribution >= 4 is 5.97 Å². The highest BCUT2D eigenvalue weighted by Gasteiger charge is 2.36. The van der Waals surface area contributed by atoms with Crippen LogP contribution in [0, 0.1) is 0 Å². The normalized spacial score (nSPS) is 23.9. The maximum absolute atomic E-state index is 11.3. The summed E-state index contributed by atoms with van der Waals surface area (Å²) in [5.41, 5.74) is 0. The molecule has 2 atom stereocenters. The minimum Gasteiger partial charge on any atom is -0.480 e. The van der Waals surface area contributed by atoms with E-state index in [0.29, 0.717) is 6.42 Å². The summed E-state index contributed by atoms with van der Waals surface area (Å²) in [6.07, 6.45) is 7.65. The third-order valence-electron chi connectivity index (χ3n) is 3.80. The Hall–Kier alpha value is -0.610. The molecule has 0 aliphatic carbocycles. The van der Waals surface area contributed by atoms with E-state index in [1.165, 1.54) is 25.7 Å². The van der Waals surface area contributed by atoms with E-state index in [0.717, 1.165) is 32.5 Å². The second-order valence-corrected chi connectivity index (χ2v) is 5.49. The lowest BCUT2D eigenvalue weighted by molar-refractivity contribution is -0.142. The van der Waals surface area contributed by atoms with Gasteiger partial charge in [-0.25, -0.2) is 0 Å². The molecule has 1 N–H and O–H groups in total. The van der Waals surface area contributed by atoms with Crippen molar-refractivity contribution < 1.29 is 14.6 Å². The first-order valence-electron chi connectivity index (χ1n) is 7.77. The van der Waals surface area contributed by atoms with Crippen LogP contribution in [0.1, 0.15) is 58.8 Å². The molecule has 1 aliphatic rings. The zero-order valence-electron chi connectivity index (χ0n) is 12.4. The molecule has 0 bridgehead atoms. The Morgan fingerprint density at radius 1 is 1.21 bits per heavy atom. The third kappa shape index (κ3) is 5.91. The number of carbonyl (C=O) groups is 1. The summed E-state index contributed by atoms with van der Waals surface area (Å²) in [4.78, 5) is 13.4. The predicted molar refractivity (Wildman–Crippen MR) is 76.4 cm³/mol. The number of likely N-dealkylation sites (tertiary alicyclic amines) is 1. The van der Waals surface area contributed by atoms with E-state index in [1.54, 1.807) is 0 Å². The monoisotopic (exact) mass is 271 g/mol. The van der Waals surface area contributed by atoms with Gasteiger partial charge in [-0.1, -0.05) is 39.5 Å². The molecule has 1 saturated heterocycles. The molecule has 19 heavy (non-hydrogen) atoms. The number of ether oxygens (including phenoxy) is 1. The number of nitrogens with zero attached hydrogens (tertiary/aromatic N) is 1. The van der Waals surface area contributed by atoms with E-state index in [1.807, 2.05) is 0 Å². The molecule has 0 radical (unpaired) electrons. The van der Waals surface area contributed by atoms with Crippen LogP contribution in [0.25, 0.3) is 0 Å². The molecule has 112 valence electrons. The standard InChI is InChI=1S/C15H29NO3/c1-3-5-7-9-16-12-13(11-14(16)15(17)18)19-10-8-6-4-2/h13-14H,3-12H2,1-2H3,(H,17,18)/t13?,14-/m0/s1. The Balaban J connectivity index is 2.32. The van der Waals surface area contributed by atoms with Crippen LogP contribution < -0.4 is 0 Å². The topological polar surface area (TPSA) is 49.8 Å². The Morgan fingerprint density at radius 2 is 1.89 bits per heavy atom. The van der Waals surface area contributed by atoms with Crippen molar-refractivity contribution in [2.45, 2.75) is 70.9 Å². The van der Waals surface area contributed by atoms with Crippen LogP contribution in [0.2, 0.25) is 0 Å². The summed E-state index contributed by atoms with van der Waals surface area (Å²) in [7, 11) is 0. The zero-order chi connectivity index (χ0) is 14.1. The molecule has 1 rings (SSSR count). The van der Waals surface area contributed by atoms with Gasteiger partial charge in [-0.3, -0.25) is 9.69 Å². The molecule has 1 fully saturated rings. The van der Waals surface area contributed by atoms with Crippen LogP contribution in [-0.4, -0.2) is 47.8 Å². The minimum atomic E-state index is -0.698. The van der Waals surface area contributed by atoms with Gasteiger partial charge in [0.1, 0.15) is 6.04 Å². The minimum absolute atomic E-state index is 0.111. The van der Waals surface area contributed by atoms with Crippen molar-refractivity contribution in [3.05, 3.63) is 0 Å². The van der Waals surface area contributed by atoms with Crippen molar-refractivity contribution in [1.29, 1.82) is 0 Å². The van der Waals surface area contributed by atoms with Gasteiger partial charge in [0.2, 0.25) is 0 Å². The van der Waals surface area contributed by atoms with Gasteiger partial charge in [-0.15, -0.1) is 0 Å². The molecular formula is C15H29NO3. The number of rotatable bonds is 10. The van der Waals surface area contributed by atoms with Gasteiger partial charge in [-0.2, -0.15) is 0 Å². The second-order valence-electron chi connectivity index (χ2n) is 5.49. The van der Waals surface area contributed by atoms with Crippen LogP contribution in [0.4, 0.5) is 0 Å².